The lowest BCUT2D eigenvalue weighted by molar-refractivity contribution is -0.384. The molecular weight excluding hydrogens is 376 g/mol. The number of imidazole rings is 1. The zero-order valence-corrected chi connectivity index (χ0v) is 16.2. The lowest BCUT2D eigenvalue weighted by Gasteiger charge is -2.22. The molecule has 1 amide bonds. The molecule has 3 aromatic rings. The Balaban J connectivity index is 1.41. The first-order valence-electron chi connectivity index (χ1n) is 9.21. The Morgan fingerprint density at radius 1 is 1.29 bits per heavy atom. The van der Waals surface area contributed by atoms with Gasteiger partial charge in [-0.05, 0) is 50.1 Å². The molecule has 1 atom stereocenters. The molecule has 1 heterocycles. The predicted octanol–water partition coefficient (Wildman–Crippen LogP) is 4.86. The van der Waals surface area contributed by atoms with Crippen LogP contribution in [-0.2, 0) is 4.79 Å². The molecule has 0 aliphatic heterocycles. The van der Waals surface area contributed by atoms with Crippen molar-refractivity contribution in [2.75, 3.05) is 5.32 Å². The minimum atomic E-state index is -0.438. The molecule has 1 saturated carbocycles. The summed E-state index contributed by atoms with van der Waals surface area (Å²) in [4.78, 5) is 31.6. The number of fused-ring (bicyclic) bond motifs is 1. The molecule has 0 radical (unpaired) electrons. The molecular formula is C20H20N4O3S. The van der Waals surface area contributed by atoms with Gasteiger partial charge in [0.1, 0.15) is 5.82 Å². The van der Waals surface area contributed by atoms with Gasteiger partial charge in [0.2, 0.25) is 5.91 Å². The summed E-state index contributed by atoms with van der Waals surface area (Å²) in [5.41, 5.74) is 2.59. The molecule has 0 saturated heterocycles. The van der Waals surface area contributed by atoms with Gasteiger partial charge in [-0.2, -0.15) is 0 Å². The van der Waals surface area contributed by atoms with Gasteiger partial charge in [-0.15, -0.1) is 11.8 Å². The molecule has 2 N–H and O–H groups in total. The Hall–Kier alpha value is -2.87. The van der Waals surface area contributed by atoms with Gasteiger partial charge >= 0.3 is 0 Å². The van der Waals surface area contributed by atoms with E-state index < -0.39 is 4.92 Å². The summed E-state index contributed by atoms with van der Waals surface area (Å²) < 4.78 is 0. The lowest BCUT2D eigenvalue weighted by Crippen LogP contribution is -2.22. The van der Waals surface area contributed by atoms with Gasteiger partial charge in [-0.25, -0.2) is 4.98 Å². The molecule has 1 fully saturated rings. The highest BCUT2D eigenvalue weighted by atomic mass is 32.2. The fourth-order valence-electron chi connectivity index (χ4n) is 3.13. The van der Waals surface area contributed by atoms with Crippen molar-refractivity contribution in [1.82, 2.24) is 9.97 Å². The van der Waals surface area contributed by atoms with Gasteiger partial charge in [0.05, 0.1) is 21.2 Å². The molecule has 2 aromatic carbocycles. The van der Waals surface area contributed by atoms with E-state index in [9.17, 15) is 14.9 Å². The smallest absolute Gasteiger partial charge is 0.269 e. The highest BCUT2D eigenvalue weighted by Crippen LogP contribution is 2.35. The van der Waals surface area contributed by atoms with Crippen LogP contribution in [0.4, 0.5) is 11.4 Å². The largest absolute Gasteiger partial charge is 0.342 e. The molecule has 1 aromatic heterocycles. The van der Waals surface area contributed by atoms with E-state index in [0.717, 1.165) is 27.4 Å². The standard InChI is InChI=1S/C20H20N4O3S/c1-12(28-16-8-6-15(7-9-16)24(26)27)20(25)21-14-5-10-17-18(11-14)23-19(22-17)13-3-2-4-13/h5-13H,2-4H2,1H3,(H,21,25)(H,22,23). The Morgan fingerprint density at radius 3 is 2.68 bits per heavy atom. The molecule has 8 heteroatoms. The number of H-pyrrole nitrogens is 1. The molecule has 28 heavy (non-hydrogen) atoms. The number of amides is 1. The number of nitro groups is 1. The number of aromatic amines is 1. The molecule has 1 aliphatic carbocycles. The van der Waals surface area contributed by atoms with Crippen molar-refractivity contribution < 1.29 is 9.72 Å². The van der Waals surface area contributed by atoms with E-state index in [-0.39, 0.29) is 16.8 Å². The summed E-state index contributed by atoms with van der Waals surface area (Å²) in [7, 11) is 0. The summed E-state index contributed by atoms with van der Waals surface area (Å²) in [5.74, 6) is 1.44. The summed E-state index contributed by atoms with van der Waals surface area (Å²) in [5, 5.41) is 13.3. The number of thioether (sulfide) groups is 1. The number of hydrogen-bond acceptors (Lipinski definition) is 5. The van der Waals surface area contributed by atoms with Gasteiger partial charge in [-0.1, -0.05) is 6.42 Å². The summed E-state index contributed by atoms with van der Waals surface area (Å²) in [6.45, 7) is 1.81. The van der Waals surface area contributed by atoms with Crippen molar-refractivity contribution in [2.24, 2.45) is 0 Å². The van der Waals surface area contributed by atoms with Crippen LogP contribution in [0.5, 0.6) is 0 Å². The van der Waals surface area contributed by atoms with E-state index in [2.05, 4.69) is 15.3 Å². The van der Waals surface area contributed by atoms with Gasteiger partial charge in [0, 0.05) is 28.6 Å². The van der Waals surface area contributed by atoms with E-state index in [1.165, 1.54) is 43.2 Å². The van der Waals surface area contributed by atoms with E-state index >= 15 is 0 Å². The molecule has 0 spiro atoms. The van der Waals surface area contributed by atoms with Crippen LogP contribution in [0, 0.1) is 10.1 Å². The topological polar surface area (TPSA) is 101 Å². The van der Waals surface area contributed by atoms with Crippen molar-refractivity contribution in [2.45, 2.75) is 42.2 Å². The zero-order valence-electron chi connectivity index (χ0n) is 15.3. The Kier molecular flexibility index (Phi) is 5.04. The summed E-state index contributed by atoms with van der Waals surface area (Å²) >= 11 is 1.36. The molecule has 4 rings (SSSR count). The number of anilines is 1. The highest BCUT2D eigenvalue weighted by Gasteiger charge is 2.23. The third-order valence-corrected chi connectivity index (χ3v) is 6.10. The predicted molar refractivity (Wildman–Crippen MR) is 110 cm³/mol. The average molecular weight is 396 g/mol. The minimum Gasteiger partial charge on any atom is -0.342 e. The third kappa shape index (κ3) is 3.87. The van der Waals surface area contributed by atoms with Crippen molar-refractivity contribution in [3.05, 3.63) is 58.4 Å². The maximum absolute atomic E-state index is 12.5. The molecule has 0 bridgehead atoms. The SMILES string of the molecule is CC(Sc1ccc([N+](=O)[O-])cc1)C(=O)Nc1ccc2nc(C3CCC3)[nH]c2c1. The van der Waals surface area contributed by atoms with Crippen LogP contribution < -0.4 is 5.32 Å². The second-order valence-corrected chi connectivity index (χ2v) is 8.40. The monoisotopic (exact) mass is 396 g/mol. The summed E-state index contributed by atoms with van der Waals surface area (Å²) in [6, 6.07) is 11.9. The lowest BCUT2D eigenvalue weighted by atomic mass is 9.85. The molecule has 1 unspecified atom stereocenters. The first-order valence-corrected chi connectivity index (χ1v) is 10.1. The Morgan fingerprint density at radius 2 is 2.04 bits per heavy atom. The van der Waals surface area contributed by atoms with E-state index in [1.54, 1.807) is 12.1 Å². The van der Waals surface area contributed by atoms with Crippen molar-refractivity contribution in [3.8, 4) is 0 Å². The van der Waals surface area contributed by atoms with Gasteiger partial charge < -0.3 is 10.3 Å². The fraction of sp³-hybridized carbons (Fsp3) is 0.300. The second-order valence-electron chi connectivity index (χ2n) is 6.98. The second kappa shape index (κ2) is 7.63. The Labute approximate surface area is 166 Å². The Bertz CT molecular complexity index is 1030. The van der Waals surface area contributed by atoms with Crippen molar-refractivity contribution >= 4 is 40.1 Å². The number of nitrogens with one attached hydrogen (secondary N) is 2. The van der Waals surface area contributed by atoms with Crippen LogP contribution in [-0.4, -0.2) is 26.0 Å². The van der Waals surface area contributed by atoms with E-state index in [1.807, 2.05) is 25.1 Å². The number of non-ortho nitro benzene ring substituents is 1. The van der Waals surface area contributed by atoms with Crippen LogP contribution in [0.25, 0.3) is 11.0 Å². The fourth-order valence-corrected chi connectivity index (χ4v) is 4.00. The van der Waals surface area contributed by atoms with Crippen LogP contribution >= 0.6 is 11.8 Å². The van der Waals surface area contributed by atoms with Crippen LogP contribution in [0.2, 0.25) is 0 Å². The number of carbonyl (C=O) groups excluding carboxylic acids is 1. The number of rotatable bonds is 6. The van der Waals surface area contributed by atoms with E-state index in [0.29, 0.717) is 5.92 Å². The highest BCUT2D eigenvalue weighted by molar-refractivity contribution is 8.00. The number of carbonyl (C=O) groups is 1. The average Bonchev–Trinajstić information content (AvgIpc) is 3.03. The summed E-state index contributed by atoms with van der Waals surface area (Å²) in [6.07, 6.45) is 3.62. The maximum atomic E-state index is 12.5. The molecule has 144 valence electrons. The first kappa shape index (κ1) is 18.5. The van der Waals surface area contributed by atoms with Gasteiger partial charge in [0.25, 0.3) is 5.69 Å². The van der Waals surface area contributed by atoms with Crippen LogP contribution in [0.15, 0.2) is 47.4 Å². The minimum absolute atomic E-state index is 0.0376. The van der Waals surface area contributed by atoms with Gasteiger partial charge in [-0.3, -0.25) is 14.9 Å². The number of aromatic nitrogens is 2. The zero-order chi connectivity index (χ0) is 19.7. The van der Waals surface area contributed by atoms with Gasteiger partial charge in [0.15, 0.2) is 0 Å². The molecule has 1 aliphatic rings. The number of hydrogen-bond donors (Lipinski definition) is 2. The van der Waals surface area contributed by atoms with Crippen molar-refractivity contribution in [1.29, 1.82) is 0 Å². The van der Waals surface area contributed by atoms with Crippen molar-refractivity contribution in [3.63, 3.8) is 0 Å². The van der Waals surface area contributed by atoms with Crippen LogP contribution in [0.3, 0.4) is 0 Å². The van der Waals surface area contributed by atoms with E-state index in [4.69, 9.17) is 0 Å². The number of benzene rings is 2. The quantitative estimate of drug-likeness (QED) is 0.352. The third-order valence-electron chi connectivity index (χ3n) is 4.99. The number of nitrogens with zero attached hydrogens (tertiary/aromatic N) is 2. The normalized spacial score (nSPS) is 15.2. The maximum Gasteiger partial charge on any atom is 0.269 e. The van der Waals surface area contributed by atoms with Crippen LogP contribution in [0.1, 0.15) is 37.9 Å². The molecule has 7 nitrogen and oxygen atoms in total. The number of nitro benzene ring substituents is 1. The first-order chi connectivity index (χ1) is 13.5.